The van der Waals surface area contributed by atoms with Crippen molar-refractivity contribution in [2.75, 3.05) is 6.61 Å². The summed E-state index contributed by atoms with van der Waals surface area (Å²) in [6.07, 6.45) is 8.45. The van der Waals surface area contributed by atoms with Crippen molar-refractivity contribution < 1.29 is 4.74 Å². The number of rotatable bonds is 2. The molecule has 0 bridgehead atoms. The fraction of sp³-hybridized carbons (Fsp3) is 0.714. The van der Waals surface area contributed by atoms with Gasteiger partial charge in [-0.05, 0) is 44.1 Å². The van der Waals surface area contributed by atoms with Crippen LogP contribution in [0.3, 0.4) is 0 Å². The molecule has 1 heterocycles. The average Bonchev–Trinajstić information content (AvgIpc) is 2.82. The maximum atomic E-state index is 5.38. The van der Waals surface area contributed by atoms with Crippen molar-refractivity contribution in [1.82, 2.24) is 0 Å². The van der Waals surface area contributed by atoms with Gasteiger partial charge < -0.3 is 4.74 Å². The van der Waals surface area contributed by atoms with Crippen molar-refractivity contribution in [2.24, 2.45) is 5.41 Å². The fourth-order valence-corrected chi connectivity index (χ4v) is 2.48. The van der Waals surface area contributed by atoms with Crippen molar-refractivity contribution in [2.45, 2.75) is 52.6 Å². The monoisotopic (exact) mass is 206 g/mol. The zero-order valence-corrected chi connectivity index (χ0v) is 10.4. The summed E-state index contributed by atoms with van der Waals surface area (Å²) in [5.74, 6) is 0. The number of allylic oxidation sites excluding steroid dienone is 3. The molecule has 1 saturated heterocycles. The molecule has 0 aromatic rings. The summed E-state index contributed by atoms with van der Waals surface area (Å²) in [4.78, 5) is 0. The first-order valence-electron chi connectivity index (χ1n) is 5.96. The Labute approximate surface area is 93.2 Å². The highest BCUT2D eigenvalue weighted by Crippen LogP contribution is 2.41. The molecule has 2 rings (SSSR count). The normalized spacial score (nSPS) is 34.9. The van der Waals surface area contributed by atoms with Crippen LogP contribution in [-0.2, 0) is 4.74 Å². The maximum absolute atomic E-state index is 5.38. The van der Waals surface area contributed by atoms with E-state index >= 15 is 0 Å². The van der Waals surface area contributed by atoms with Crippen LogP contribution in [0.15, 0.2) is 23.3 Å². The van der Waals surface area contributed by atoms with Crippen molar-refractivity contribution in [1.29, 1.82) is 0 Å². The summed E-state index contributed by atoms with van der Waals surface area (Å²) < 4.78 is 5.38. The molecule has 1 aliphatic heterocycles. The van der Waals surface area contributed by atoms with E-state index in [1.807, 2.05) is 0 Å². The first-order valence-corrected chi connectivity index (χ1v) is 5.96. The largest absolute Gasteiger partial charge is 0.365 e. The van der Waals surface area contributed by atoms with Crippen LogP contribution in [0.2, 0.25) is 0 Å². The molecule has 0 radical (unpaired) electrons. The third-order valence-corrected chi connectivity index (χ3v) is 3.74. The van der Waals surface area contributed by atoms with Crippen LogP contribution in [0.1, 0.15) is 47.0 Å². The maximum Gasteiger partial charge on any atom is 0.107 e. The van der Waals surface area contributed by atoms with E-state index in [1.165, 1.54) is 24.8 Å². The molecule has 1 aliphatic carbocycles. The molecule has 1 fully saturated rings. The number of hydrogen-bond acceptors (Lipinski definition) is 1. The van der Waals surface area contributed by atoms with E-state index in [0.29, 0.717) is 5.41 Å². The molecule has 0 saturated carbocycles. The van der Waals surface area contributed by atoms with Gasteiger partial charge in [0.1, 0.15) is 5.60 Å². The van der Waals surface area contributed by atoms with Gasteiger partial charge in [0.15, 0.2) is 0 Å². The van der Waals surface area contributed by atoms with Gasteiger partial charge in [0.05, 0.1) is 6.61 Å². The molecule has 0 spiro atoms. The molecular weight excluding hydrogens is 184 g/mol. The lowest BCUT2D eigenvalue weighted by Crippen LogP contribution is -2.19. The van der Waals surface area contributed by atoms with Crippen LogP contribution in [0.25, 0.3) is 0 Å². The molecule has 0 amide bonds. The highest BCUT2D eigenvalue weighted by molar-refractivity contribution is 5.34. The summed E-state index contributed by atoms with van der Waals surface area (Å²) >= 11 is 0. The molecule has 1 heteroatoms. The average molecular weight is 206 g/mol. The second-order valence-electron chi connectivity index (χ2n) is 5.87. The van der Waals surface area contributed by atoms with E-state index in [1.54, 1.807) is 5.57 Å². The smallest absolute Gasteiger partial charge is 0.107 e. The summed E-state index contributed by atoms with van der Waals surface area (Å²) in [5, 5.41) is 0. The van der Waals surface area contributed by atoms with E-state index in [-0.39, 0.29) is 5.60 Å². The second-order valence-corrected chi connectivity index (χ2v) is 5.87. The van der Waals surface area contributed by atoms with E-state index < -0.39 is 0 Å². The Morgan fingerprint density at radius 2 is 1.93 bits per heavy atom. The van der Waals surface area contributed by atoms with Crippen molar-refractivity contribution in [3.8, 4) is 0 Å². The van der Waals surface area contributed by atoms with E-state index in [0.717, 1.165) is 6.61 Å². The topological polar surface area (TPSA) is 12.5 Å². The van der Waals surface area contributed by atoms with Gasteiger partial charge in [-0.25, -0.2) is 0 Å². The van der Waals surface area contributed by atoms with Crippen LogP contribution >= 0.6 is 0 Å². The first-order chi connectivity index (χ1) is 6.93. The Hall–Kier alpha value is -0.560. The highest BCUT2D eigenvalue weighted by Gasteiger charge is 2.36. The fourth-order valence-electron chi connectivity index (χ4n) is 2.48. The van der Waals surface area contributed by atoms with Gasteiger partial charge in [-0.15, -0.1) is 0 Å². The molecule has 1 atom stereocenters. The molecule has 0 N–H and O–H groups in total. The lowest BCUT2D eigenvalue weighted by atomic mass is 9.72. The zero-order valence-electron chi connectivity index (χ0n) is 10.4. The Morgan fingerprint density at radius 3 is 2.47 bits per heavy atom. The van der Waals surface area contributed by atoms with Gasteiger partial charge >= 0.3 is 0 Å². The van der Waals surface area contributed by atoms with E-state index in [4.69, 9.17) is 4.74 Å². The quantitative estimate of drug-likeness (QED) is 0.625. The number of hydrogen-bond donors (Lipinski definition) is 0. The minimum atomic E-state index is 0.0425. The van der Waals surface area contributed by atoms with Gasteiger partial charge in [0.25, 0.3) is 0 Å². The third kappa shape index (κ3) is 2.34. The lowest BCUT2D eigenvalue weighted by Gasteiger charge is -2.33. The zero-order chi connectivity index (χ0) is 11.1. The van der Waals surface area contributed by atoms with Gasteiger partial charge in [0, 0.05) is 0 Å². The van der Waals surface area contributed by atoms with Crippen LogP contribution in [0.5, 0.6) is 0 Å². The van der Waals surface area contributed by atoms with Crippen LogP contribution in [0.4, 0.5) is 0 Å². The van der Waals surface area contributed by atoms with Crippen LogP contribution in [0, 0.1) is 5.41 Å². The van der Waals surface area contributed by atoms with Gasteiger partial charge in [-0.2, -0.15) is 0 Å². The van der Waals surface area contributed by atoms with Crippen molar-refractivity contribution in [3.05, 3.63) is 23.3 Å². The van der Waals surface area contributed by atoms with Gasteiger partial charge in [-0.1, -0.05) is 31.6 Å². The predicted octanol–water partition coefficient (Wildman–Crippen LogP) is 3.86. The Morgan fingerprint density at radius 1 is 1.27 bits per heavy atom. The minimum absolute atomic E-state index is 0.0425. The standard InChI is InChI=1S/C14H22O/c1-11-6-5-8-13(2,3)12(11)7-9-14(4)10-15-14/h7,9H,5-6,8,10H2,1-4H3/b9-7+/t14-/m0/s1. The predicted molar refractivity (Wildman–Crippen MR) is 63.8 cm³/mol. The minimum Gasteiger partial charge on any atom is -0.365 e. The molecular formula is C14H22O. The Bertz CT molecular complexity index is 316. The molecule has 0 aromatic heterocycles. The van der Waals surface area contributed by atoms with Crippen LogP contribution < -0.4 is 0 Å². The van der Waals surface area contributed by atoms with Gasteiger partial charge in [-0.3, -0.25) is 0 Å². The molecule has 2 aliphatic rings. The van der Waals surface area contributed by atoms with Crippen molar-refractivity contribution >= 4 is 0 Å². The summed E-state index contributed by atoms with van der Waals surface area (Å²) in [5.41, 5.74) is 3.49. The summed E-state index contributed by atoms with van der Waals surface area (Å²) in [6.45, 7) is 10.0. The molecule has 1 nitrogen and oxygen atoms in total. The molecule has 0 aromatic carbocycles. The molecule has 0 unspecified atom stereocenters. The summed E-state index contributed by atoms with van der Waals surface area (Å²) in [6, 6.07) is 0. The molecule has 84 valence electrons. The lowest BCUT2D eigenvalue weighted by molar-refractivity contribution is 0.364. The van der Waals surface area contributed by atoms with Crippen LogP contribution in [-0.4, -0.2) is 12.2 Å². The second kappa shape index (κ2) is 3.48. The van der Waals surface area contributed by atoms with E-state index in [9.17, 15) is 0 Å². The van der Waals surface area contributed by atoms with Gasteiger partial charge in [0.2, 0.25) is 0 Å². The summed E-state index contributed by atoms with van der Waals surface area (Å²) in [7, 11) is 0. The first kappa shape index (κ1) is 10.9. The number of epoxide rings is 1. The Kier molecular flexibility index (Phi) is 2.54. The Balaban J connectivity index is 2.20. The third-order valence-electron chi connectivity index (χ3n) is 3.74. The highest BCUT2D eigenvalue weighted by atomic mass is 16.6. The SMILES string of the molecule is CC1=C(/C=C/[C@@]2(C)CO2)C(C)(C)CCC1. The number of ether oxygens (including phenoxy) is 1. The molecule has 15 heavy (non-hydrogen) atoms. The van der Waals surface area contributed by atoms with Crippen molar-refractivity contribution in [3.63, 3.8) is 0 Å². The van der Waals surface area contributed by atoms with E-state index in [2.05, 4.69) is 39.8 Å².